The average molecular weight is 295 g/mol. The van der Waals surface area contributed by atoms with Gasteiger partial charge in [0.05, 0.1) is 0 Å². The molecule has 0 saturated carbocycles. The van der Waals surface area contributed by atoms with Gasteiger partial charge in [0.15, 0.2) is 0 Å². The highest BCUT2D eigenvalue weighted by atomic mass is 19.1. The topological polar surface area (TPSA) is 21.3 Å². The monoisotopic (exact) mass is 295 g/mol. The number of methoxy groups -OCH3 is 1. The highest BCUT2D eigenvalue weighted by Crippen LogP contribution is 2.18. The first-order valence-corrected chi connectivity index (χ1v) is 7.90. The molecule has 1 rings (SSSR count). The van der Waals surface area contributed by atoms with E-state index < -0.39 is 0 Å². The first-order chi connectivity index (χ1) is 9.92. The molecule has 0 aliphatic rings. The minimum Gasteiger partial charge on any atom is -0.385 e. The summed E-state index contributed by atoms with van der Waals surface area (Å²) in [6, 6.07) is 7.11. The van der Waals surface area contributed by atoms with Crippen molar-refractivity contribution < 1.29 is 9.13 Å². The lowest BCUT2D eigenvalue weighted by atomic mass is 9.92. The zero-order valence-electron chi connectivity index (χ0n) is 13.9. The fourth-order valence-electron chi connectivity index (χ4n) is 2.38. The number of rotatable bonds is 9. The van der Waals surface area contributed by atoms with Crippen LogP contribution < -0.4 is 5.32 Å². The zero-order chi connectivity index (χ0) is 15.7. The van der Waals surface area contributed by atoms with Gasteiger partial charge in [-0.05, 0) is 64.1 Å². The van der Waals surface area contributed by atoms with E-state index in [1.807, 2.05) is 12.1 Å². The van der Waals surface area contributed by atoms with E-state index in [1.54, 1.807) is 19.2 Å². The summed E-state index contributed by atoms with van der Waals surface area (Å²) < 4.78 is 18.9. The van der Waals surface area contributed by atoms with E-state index in [2.05, 4.69) is 26.1 Å². The molecule has 1 unspecified atom stereocenters. The summed E-state index contributed by atoms with van der Waals surface area (Å²) in [6.07, 6.45) is 4.09. The molecule has 0 fully saturated rings. The number of nitrogens with one attached hydrogen (secondary N) is 1. The molecule has 0 saturated heterocycles. The molecule has 0 spiro atoms. The molecular formula is C18H30FNO. The molecule has 0 radical (unpaired) electrons. The van der Waals surface area contributed by atoms with Crippen molar-refractivity contribution in [3.8, 4) is 0 Å². The van der Waals surface area contributed by atoms with Crippen molar-refractivity contribution in [2.24, 2.45) is 5.92 Å². The largest absolute Gasteiger partial charge is 0.385 e. The molecule has 2 nitrogen and oxygen atoms in total. The SMILES string of the molecule is COCCCCC(CNC(C)(C)C)Cc1ccccc1F. The zero-order valence-corrected chi connectivity index (χ0v) is 13.9. The molecule has 3 heteroatoms. The summed E-state index contributed by atoms with van der Waals surface area (Å²) in [5.74, 6) is 0.369. The van der Waals surface area contributed by atoms with E-state index in [0.29, 0.717) is 5.92 Å². The second kappa shape index (κ2) is 9.16. The Balaban J connectivity index is 2.56. The summed E-state index contributed by atoms with van der Waals surface area (Å²) in [4.78, 5) is 0. The third-order valence-corrected chi connectivity index (χ3v) is 3.60. The third kappa shape index (κ3) is 8.18. The molecule has 1 atom stereocenters. The molecule has 0 bridgehead atoms. The van der Waals surface area contributed by atoms with Crippen LogP contribution in [0.15, 0.2) is 24.3 Å². The first kappa shape index (κ1) is 18.1. The molecule has 0 aliphatic carbocycles. The highest BCUT2D eigenvalue weighted by Gasteiger charge is 2.16. The summed E-state index contributed by atoms with van der Waals surface area (Å²) in [5, 5.41) is 3.55. The molecule has 0 aromatic heterocycles. The van der Waals surface area contributed by atoms with E-state index >= 15 is 0 Å². The Morgan fingerprint density at radius 1 is 1.19 bits per heavy atom. The van der Waals surface area contributed by atoms with Crippen molar-refractivity contribution in [3.63, 3.8) is 0 Å². The van der Waals surface area contributed by atoms with Gasteiger partial charge in [0, 0.05) is 19.3 Å². The third-order valence-electron chi connectivity index (χ3n) is 3.60. The van der Waals surface area contributed by atoms with E-state index in [-0.39, 0.29) is 11.4 Å². The van der Waals surface area contributed by atoms with Gasteiger partial charge >= 0.3 is 0 Å². The lowest BCUT2D eigenvalue weighted by Crippen LogP contribution is -2.39. The van der Waals surface area contributed by atoms with Crippen LogP contribution in [-0.4, -0.2) is 25.8 Å². The van der Waals surface area contributed by atoms with Crippen LogP contribution >= 0.6 is 0 Å². The maximum absolute atomic E-state index is 13.8. The summed E-state index contributed by atoms with van der Waals surface area (Å²) in [5.41, 5.74) is 0.921. The maximum atomic E-state index is 13.8. The number of hydrogen-bond acceptors (Lipinski definition) is 2. The summed E-state index contributed by atoms with van der Waals surface area (Å²) in [6.45, 7) is 8.22. The van der Waals surface area contributed by atoms with Crippen molar-refractivity contribution in [3.05, 3.63) is 35.6 Å². The molecule has 0 heterocycles. The van der Waals surface area contributed by atoms with Crippen molar-refractivity contribution in [1.29, 1.82) is 0 Å². The Labute approximate surface area is 129 Å². The van der Waals surface area contributed by atoms with Crippen molar-refractivity contribution in [2.45, 2.75) is 52.0 Å². The Bertz CT molecular complexity index is 400. The Hall–Kier alpha value is -0.930. The average Bonchev–Trinajstić information content (AvgIpc) is 2.42. The number of ether oxygens (including phenoxy) is 1. The van der Waals surface area contributed by atoms with E-state index in [0.717, 1.165) is 44.4 Å². The van der Waals surface area contributed by atoms with Gasteiger partial charge in [0.25, 0.3) is 0 Å². The first-order valence-electron chi connectivity index (χ1n) is 7.90. The molecule has 1 aromatic carbocycles. The lowest BCUT2D eigenvalue weighted by Gasteiger charge is -2.25. The smallest absolute Gasteiger partial charge is 0.126 e. The van der Waals surface area contributed by atoms with Gasteiger partial charge in [-0.1, -0.05) is 24.6 Å². The standard InChI is InChI=1S/C18H30FNO/c1-18(2,3)20-14-15(9-7-8-12-21-4)13-16-10-5-6-11-17(16)19/h5-6,10-11,15,20H,7-9,12-14H2,1-4H3. The van der Waals surface area contributed by atoms with Crippen molar-refractivity contribution in [2.75, 3.05) is 20.3 Å². The van der Waals surface area contributed by atoms with Gasteiger partial charge in [0.2, 0.25) is 0 Å². The highest BCUT2D eigenvalue weighted by molar-refractivity contribution is 5.17. The Morgan fingerprint density at radius 2 is 1.90 bits per heavy atom. The second-order valence-corrected chi connectivity index (χ2v) is 6.78. The van der Waals surface area contributed by atoms with Crippen LogP contribution in [0.3, 0.4) is 0 Å². The maximum Gasteiger partial charge on any atom is 0.126 e. The van der Waals surface area contributed by atoms with Crippen molar-refractivity contribution >= 4 is 0 Å². The molecule has 0 amide bonds. The van der Waals surface area contributed by atoms with Crippen LogP contribution in [0.2, 0.25) is 0 Å². The second-order valence-electron chi connectivity index (χ2n) is 6.78. The predicted molar refractivity (Wildman–Crippen MR) is 87.1 cm³/mol. The van der Waals surface area contributed by atoms with Crippen LogP contribution in [0, 0.1) is 11.7 Å². The lowest BCUT2D eigenvalue weighted by molar-refractivity contribution is 0.189. The van der Waals surface area contributed by atoms with E-state index in [4.69, 9.17) is 4.74 Å². The minimum absolute atomic E-state index is 0.0878. The van der Waals surface area contributed by atoms with Gasteiger partial charge < -0.3 is 10.1 Å². The Kier molecular flexibility index (Phi) is 7.91. The van der Waals surface area contributed by atoms with Gasteiger partial charge in [-0.2, -0.15) is 0 Å². The molecule has 1 aromatic rings. The van der Waals surface area contributed by atoms with Crippen LogP contribution in [0.4, 0.5) is 4.39 Å². The minimum atomic E-state index is -0.0878. The van der Waals surface area contributed by atoms with Crippen LogP contribution in [-0.2, 0) is 11.2 Å². The van der Waals surface area contributed by atoms with Crippen LogP contribution in [0.1, 0.15) is 45.6 Å². The molecular weight excluding hydrogens is 265 g/mol. The predicted octanol–water partition coefficient (Wildman–Crippen LogP) is 4.19. The summed E-state index contributed by atoms with van der Waals surface area (Å²) >= 11 is 0. The Morgan fingerprint density at radius 3 is 2.52 bits per heavy atom. The molecule has 21 heavy (non-hydrogen) atoms. The normalized spacial score (nSPS) is 13.4. The van der Waals surface area contributed by atoms with Gasteiger partial charge in [-0.25, -0.2) is 4.39 Å². The number of hydrogen-bond donors (Lipinski definition) is 1. The van der Waals surface area contributed by atoms with Crippen molar-refractivity contribution in [1.82, 2.24) is 5.32 Å². The van der Waals surface area contributed by atoms with Crippen LogP contribution in [0.25, 0.3) is 0 Å². The number of unbranched alkanes of at least 4 members (excludes halogenated alkanes) is 1. The molecule has 120 valence electrons. The van der Waals surface area contributed by atoms with Gasteiger partial charge in [-0.3, -0.25) is 0 Å². The fourth-order valence-corrected chi connectivity index (χ4v) is 2.38. The molecule has 0 aliphatic heterocycles. The quantitative estimate of drug-likeness (QED) is 0.690. The number of benzene rings is 1. The fraction of sp³-hybridized carbons (Fsp3) is 0.667. The van der Waals surface area contributed by atoms with Crippen LogP contribution in [0.5, 0.6) is 0 Å². The summed E-state index contributed by atoms with van der Waals surface area (Å²) in [7, 11) is 1.73. The number of halogens is 1. The molecule has 1 N–H and O–H groups in total. The van der Waals surface area contributed by atoms with Gasteiger partial charge in [0.1, 0.15) is 5.82 Å². The van der Waals surface area contributed by atoms with E-state index in [1.165, 1.54) is 0 Å². The van der Waals surface area contributed by atoms with Gasteiger partial charge in [-0.15, -0.1) is 0 Å². The van der Waals surface area contributed by atoms with E-state index in [9.17, 15) is 4.39 Å².